The summed E-state index contributed by atoms with van der Waals surface area (Å²) in [7, 11) is 0. The maximum absolute atomic E-state index is 6.11. The number of nitrogens with zero attached hydrogens (tertiary/aromatic N) is 1. The van der Waals surface area contributed by atoms with Crippen molar-refractivity contribution in [3.8, 4) is 0 Å². The number of anilines is 1. The van der Waals surface area contributed by atoms with Gasteiger partial charge in [-0.25, -0.2) is 4.98 Å². The molecular weight excluding hydrogens is 255 g/mol. The molecule has 1 saturated carbocycles. The van der Waals surface area contributed by atoms with Crippen molar-refractivity contribution in [2.24, 2.45) is 11.8 Å². The summed E-state index contributed by atoms with van der Waals surface area (Å²) in [5, 5.41) is 4.61. The van der Waals surface area contributed by atoms with Crippen LogP contribution in [-0.4, -0.2) is 11.0 Å². The first kappa shape index (κ1) is 13.0. The molecule has 0 bridgehead atoms. The van der Waals surface area contributed by atoms with Crippen LogP contribution in [0, 0.1) is 11.8 Å². The third kappa shape index (κ3) is 3.49. The van der Waals surface area contributed by atoms with Crippen LogP contribution in [0.4, 0.5) is 5.82 Å². The van der Waals surface area contributed by atoms with Crippen LogP contribution in [0.3, 0.4) is 0 Å². The van der Waals surface area contributed by atoms with Crippen LogP contribution in [0.2, 0.25) is 10.0 Å². The van der Waals surface area contributed by atoms with Gasteiger partial charge in [0.1, 0.15) is 5.82 Å². The molecule has 1 aliphatic carbocycles. The van der Waals surface area contributed by atoms with Gasteiger partial charge in [-0.1, -0.05) is 37.0 Å². The molecule has 0 radical (unpaired) electrons. The highest BCUT2D eigenvalue weighted by molar-refractivity contribution is 6.35. The molecule has 0 aliphatic heterocycles. The van der Waals surface area contributed by atoms with Crippen molar-refractivity contribution in [3.05, 3.63) is 22.3 Å². The highest BCUT2D eigenvalue weighted by atomic mass is 35.5. The van der Waals surface area contributed by atoms with Crippen LogP contribution < -0.4 is 5.32 Å². The fourth-order valence-corrected chi connectivity index (χ4v) is 3.21. The second-order valence-corrected chi connectivity index (χ2v) is 6.09. The number of hydrogen-bond donors (Lipinski definition) is 1. The van der Waals surface area contributed by atoms with Crippen LogP contribution in [0.15, 0.2) is 12.3 Å². The van der Waals surface area contributed by atoms with Gasteiger partial charge in [0, 0.05) is 12.2 Å². The predicted octanol–water partition coefficient (Wildman–Crippen LogP) is 4.63. The molecule has 94 valence electrons. The van der Waals surface area contributed by atoms with Crippen molar-refractivity contribution < 1.29 is 0 Å². The van der Waals surface area contributed by atoms with Crippen LogP contribution in [0.5, 0.6) is 0 Å². The van der Waals surface area contributed by atoms with Crippen molar-refractivity contribution in [1.29, 1.82) is 0 Å². The van der Waals surface area contributed by atoms with E-state index in [0.29, 0.717) is 16.1 Å². The molecule has 0 saturated heterocycles. The first-order valence-corrected chi connectivity index (χ1v) is 6.87. The average molecular weight is 273 g/mol. The zero-order valence-electron chi connectivity index (χ0n) is 10.2. The molecule has 2 unspecified atom stereocenters. The molecule has 17 heavy (non-hydrogen) atoms. The van der Waals surface area contributed by atoms with Crippen LogP contribution in [-0.2, 0) is 0 Å². The van der Waals surface area contributed by atoms with Gasteiger partial charge in [-0.2, -0.15) is 0 Å². The number of aromatic nitrogens is 1. The van der Waals surface area contributed by atoms with Crippen molar-refractivity contribution in [1.82, 2.24) is 4.98 Å². The minimum atomic E-state index is 0.472. The summed E-state index contributed by atoms with van der Waals surface area (Å²) in [6.07, 6.45) is 5.32. The van der Waals surface area contributed by atoms with E-state index in [9.17, 15) is 0 Å². The quantitative estimate of drug-likeness (QED) is 0.850. The topological polar surface area (TPSA) is 24.9 Å². The predicted molar refractivity (Wildman–Crippen MR) is 73.8 cm³/mol. The molecule has 1 aromatic heterocycles. The van der Waals surface area contributed by atoms with Gasteiger partial charge in [0.15, 0.2) is 0 Å². The molecule has 0 amide bonds. The van der Waals surface area contributed by atoms with Gasteiger partial charge in [0.25, 0.3) is 0 Å². The molecule has 1 aliphatic rings. The Morgan fingerprint density at radius 2 is 1.82 bits per heavy atom. The van der Waals surface area contributed by atoms with Crippen molar-refractivity contribution >= 4 is 29.0 Å². The van der Waals surface area contributed by atoms with Gasteiger partial charge in [0.05, 0.1) is 10.0 Å². The van der Waals surface area contributed by atoms with E-state index in [4.69, 9.17) is 23.2 Å². The van der Waals surface area contributed by atoms with Gasteiger partial charge in [-0.05, 0) is 37.2 Å². The summed E-state index contributed by atoms with van der Waals surface area (Å²) in [5.41, 5.74) is 0. The number of hydrogen-bond acceptors (Lipinski definition) is 2. The number of nitrogens with one attached hydrogen (secondary N) is 1. The lowest BCUT2D eigenvalue weighted by atomic mass is 9.80. The fourth-order valence-electron chi connectivity index (χ4n) is 2.78. The molecule has 2 rings (SSSR count). The zero-order chi connectivity index (χ0) is 12.4. The zero-order valence-corrected chi connectivity index (χ0v) is 11.7. The molecule has 0 aromatic carbocycles. The maximum Gasteiger partial charge on any atom is 0.145 e. The Hall–Kier alpha value is -0.470. The van der Waals surface area contributed by atoms with Gasteiger partial charge >= 0.3 is 0 Å². The summed E-state index contributed by atoms with van der Waals surface area (Å²) in [5.74, 6) is 2.28. The van der Waals surface area contributed by atoms with E-state index >= 15 is 0 Å². The standard InChI is InChI=1S/C13H18Cl2N2/c1-8-3-9(2)5-11(4-8)17-13-12(15)6-10(14)7-16-13/h6-9,11H,3-5H2,1-2H3,(H,16,17). The number of rotatable bonds is 2. The molecule has 4 heteroatoms. The second kappa shape index (κ2) is 5.45. The minimum absolute atomic E-state index is 0.472. The van der Waals surface area contributed by atoms with E-state index in [0.717, 1.165) is 17.7 Å². The normalized spacial score (nSPS) is 29.1. The fraction of sp³-hybridized carbons (Fsp3) is 0.615. The lowest BCUT2D eigenvalue weighted by molar-refractivity contribution is 0.280. The van der Waals surface area contributed by atoms with Gasteiger partial charge in [-0.3, -0.25) is 0 Å². The third-order valence-electron chi connectivity index (χ3n) is 3.33. The Bertz CT molecular complexity index is 385. The summed E-state index contributed by atoms with van der Waals surface area (Å²) < 4.78 is 0. The third-order valence-corrected chi connectivity index (χ3v) is 3.82. The van der Waals surface area contributed by atoms with E-state index < -0.39 is 0 Å². The number of halogens is 2. The van der Waals surface area contributed by atoms with Crippen molar-refractivity contribution in [3.63, 3.8) is 0 Å². The summed E-state index contributed by atoms with van der Waals surface area (Å²) in [6, 6.07) is 2.20. The SMILES string of the molecule is CC1CC(C)CC(Nc2ncc(Cl)cc2Cl)C1. The first-order chi connectivity index (χ1) is 8.04. The average Bonchev–Trinajstić information content (AvgIpc) is 2.21. The maximum atomic E-state index is 6.11. The monoisotopic (exact) mass is 272 g/mol. The van der Waals surface area contributed by atoms with Crippen LogP contribution in [0.25, 0.3) is 0 Å². The van der Waals surface area contributed by atoms with Crippen LogP contribution >= 0.6 is 23.2 Å². The Kier molecular flexibility index (Phi) is 4.16. The molecule has 1 aromatic rings. The molecule has 2 nitrogen and oxygen atoms in total. The highest BCUT2D eigenvalue weighted by Gasteiger charge is 2.24. The smallest absolute Gasteiger partial charge is 0.145 e. The molecule has 1 N–H and O–H groups in total. The molecule has 1 fully saturated rings. The summed E-state index contributed by atoms with van der Waals surface area (Å²) in [4.78, 5) is 4.25. The van der Waals surface area contributed by atoms with E-state index in [1.807, 2.05) is 0 Å². The van der Waals surface area contributed by atoms with Crippen molar-refractivity contribution in [2.45, 2.75) is 39.2 Å². The Morgan fingerprint density at radius 3 is 2.41 bits per heavy atom. The lowest BCUT2D eigenvalue weighted by Crippen LogP contribution is -2.30. The minimum Gasteiger partial charge on any atom is -0.366 e. The highest BCUT2D eigenvalue weighted by Crippen LogP contribution is 2.32. The van der Waals surface area contributed by atoms with Crippen LogP contribution in [0.1, 0.15) is 33.1 Å². The van der Waals surface area contributed by atoms with E-state index in [1.165, 1.54) is 19.3 Å². The molecular formula is C13H18Cl2N2. The van der Waals surface area contributed by atoms with Crippen molar-refractivity contribution in [2.75, 3.05) is 5.32 Å². The first-order valence-electron chi connectivity index (χ1n) is 6.12. The molecule has 0 spiro atoms. The van der Waals surface area contributed by atoms with E-state index in [-0.39, 0.29) is 0 Å². The number of pyridine rings is 1. The Morgan fingerprint density at radius 1 is 1.18 bits per heavy atom. The summed E-state index contributed by atoms with van der Waals surface area (Å²) in [6.45, 7) is 4.61. The van der Waals surface area contributed by atoms with E-state index in [1.54, 1.807) is 12.3 Å². The Labute approximate surface area is 113 Å². The van der Waals surface area contributed by atoms with Gasteiger partial charge in [-0.15, -0.1) is 0 Å². The van der Waals surface area contributed by atoms with Gasteiger partial charge < -0.3 is 5.32 Å². The summed E-state index contributed by atoms with van der Waals surface area (Å²) >= 11 is 11.9. The van der Waals surface area contributed by atoms with E-state index in [2.05, 4.69) is 24.1 Å². The largest absolute Gasteiger partial charge is 0.366 e. The van der Waals surface area contributed by atoms with Gasteiger partial charge in [0.2, 0.25) is 0 Å². The lowest BCUT2D eigenvalue weighted by Gasteiger charge is -2.32. The second-order valence-electron chi connectivity index (χ2n) is 5.24. The molecule has 2 atom stereocenters. The molecule has 1 heterocycles. The Balaban J connectivity index is 2.04.